The number of hydrogen-bond donors (Lipinski definition) is 2. The molecule has 6 nitrogen and oxygen atoms in total. The van der Waals surface area contributed by atoms with Crippen LogP contribution in [-0.4, -0.2) is 40.0 Å². The van der Waals surface area contributed by atoms with Crippen LogP contribution in [0.15, 0.2) is 66.9 Å². The first-order valence-corrected chi connectivity index (χ1v) is 13.6. The number of pyridine rings is 1. The monoisotopic (exact) mass is 563 g/mol. The second-order valence-corrected chi connectivity index (χ2v) is 11.3. The van der Waals surface area contributed by atoms with Gasteiger partial charge in [-0.3, -0.25) is 9.78 Å². The average molecular weight is 564 g/mol. The van der Waals surface area contributed by atoms with E-state index < -0.39 is 0 Å². The van der Waals surface area contributed by atoms with Crippen LogP contribution in [0.5, 0.6) is 0 Å². The molecule has 0 radical (unpaired) electrons. The van der Waals surface area contributed by atoms with Gasteiger partial charge in [-0.25, -0.2) is 4.39 Å². The molecular weight excluding hydrogens is 533 g/mol. The van der Waals surface area contributed by atoms with Gasteiger partial charge in [0.1, 0.15) is 5.82 Å². The summed E-state index contributed by atoms with van der Waals surface area (Å²) in [6.07, 6.45) is 4.20. The number of rotatable bonds is 6. The quantitative estimate of drug-likeness (QED) is 0.334. The van der Waals surface area contributed by atoms with Crippen molar-refractivity contribution in [1.29, 1.82) is 0 Å². The van der Waals surface area contributed by atoms with E-state index in [4.69, 9.17) is 23.8 Å². The number of nitrogens with one attached hydrogen (secondary N) is 2. The van der Waals surface area contributed by atoms with Gasteiger partial charge in [-0.15, -0.1) is 0 Å². The zero-order chi connectivity index (χ0) is 27.9. The second-order valence-electron chi connectivity index (χ2n) is 10.6. The number of fused-ring (bicyclic) bond motifs is 1. The van der Waals surface area contributed by atoms with Crippen molar-refractivity contribution in [2.75, 3.05) is 23.8 Å². The van der Waals surface area contributed by atoms with E-state index in [0.29, 0.717) is 22.4 Å². The molecule has 0 saturated carbocycles. The Morgan fingerprint density at radius 3 is 2.64 bits per heavy atom. The van der Waals surface area contributed by atoms with Crippen molar-refractivity contribution in [3.05, 3.63) is 94.5 Å². The van der Waals surface area contributed by atoms with Crippen molar-refractivity contribution in [3.8, 4) is 0 Å². The van der Waals surface area contributed by atoms with E-state index in [-0.39, 0.29) is 35.8 Å². The third-order valence-corrected chi connectivity index (χ3v) is 8.24. The van der Waals surface area contributed by atoms with Crippen LogP contribution in [0.4, 0.5) is 15.8 Å². The fourth-order valence-corrected chi connectivity index (χ4v) is 5.98. The van der Waals surface area contributed by atoms with Crippen LogP contribution in [-0.2, 0) is 4.79 Å². The van der Waals surface area contributed by atoms with E-state index in [1.165, 1.54) is 29.8 Å². The number of nitrogens with zero attached hydrogens (tertiary/aromatic N) is 3. The highest BCUT2D eigenvalue weighted by molar-refractivity contribution is 7.80. The van der Waals surface area contributed by atoms with E-state index in [1.807, 2.05) is 29.2 Å². The smallest absolute Gasteiger partial charge is 0.226 e. The number of carbonyl (C=O) groups excluding carboxylic acids is 1. The predicted octanol–water partition coefficient (Wildman–Crippen LogP) is 6.51. The van der Waals surface area contributed by atoms with Crippen LogP contribution in [0.25, 0.3) is 5.57 Å². The third-order valence-electron chi connectivity index (χ3n) is 7.56. The predicted molar refractivity (Wildman–Crippen MR) is 159 cm³/mol. The molecule has 0 bridgehead atoms. The van der Waals surface area contributed by atoms with Gasteiger partial charge in [-0.2, -0.15) is 0 Å². The Morgan fingerprint density at radius 1 is 1.21 bits per heavy atom. The Morgan fingerprint density at radius 2 is 1.95 bits per heavy atom. The van der Waals surface area contributed by atoms with Crippen LogP contribution in [0.2, 0.25) is 5.02 Å². The first kappa shape index (κ1) is 27.1. The molecule has 2 aromatic carbocycles. The number of allylic oxidation sites excluding steroid dienone is 1. The minimum Gasteiger partial charge on any atom is -0.365 e. The highest BCUT2D eigenvalue weighted by atomic mass is 35.5. The molecule has 1 saturated heterocycles. The molecule has 0 spiro atoms. The molecule has 2 atom stereocenters. The summed E-state index contributed by atoms with van der Waals surface area (Å²) in [5.41, 5.74) is 5.52. The molecule has 2 unspecified atom stereocenters. The summed E-state index contributed by atoms with van der Waals surface area (Å²) in [6, 6.07) is 15.1. The SMILES string of the molecule is CC1=CC(C)(C)N(C)c2cc(Cl)c(C3C(c4ccccn4)NC(=S)N3CCC(=O)Nc3ccc(F)cc3)cc21. The van der Waals surface area contributed by atoms with Crippen molar-refractivity contribution >= 4 is 51.8 Å². The van der Waals surface area contributed by atoms with Gasteiger partial charge in [0, 0.05) is 48.2 Å². The molecule has 1 fully saturated rings. The number of benzene rings is 2. The largest absolute Gasteiger partial charge is 0.365 e. The summed E-state index contributed by atoms with van der Waals surface area (Å²) in [7, 11) is 2.08. The lowest BCUT2D eigenvalue weighted by Gasteiger charge is -2.41. The van der Waals surface area contributed by atoms with Crippen molar-refractivity contribution in [1.82, 2.24) is 15.2 Å². The van der Waals surface area contributed by atoms with Crippen molar-refractivity contribution in [2.45, 2.75) is 44.8 Å². The maximum atomic E-state index is 13.3. The highest BCUT2D eigenvalue weighted by Gasteiger charge is 2.41. The molecule has 202 valence electrons. The first-order valence-electron chi connectivity index (χ1n) is 12.9. The summed E-state index contributed by atoms with van der Waals surface area (Å²) < 4.78 is 13.3. The minimum absolute atomic E-state index is 0.140. The van der Waals surface area contributed by atoms with Gasteiger partial charge in [0.05, 0.1) is 23.3 Å². The molecule has 1 amide bonds. The first-order chi connectivity index (χ1) is 18.5. The number of likely N-dealkylation sites (N-methyl/N-ethyl adjacent to an activating group) is 1. The van der Waals surface area contributed by atoms with E-state index in [1.54, 1.807) is 6.20 Å². The van der Waals surface area contributed by atoms with E-state index >= 15 is 0 Å². The molecule has 3 heterocycles. The zero-order valence-corrected chi connectivity index (χ0v) is 23.9. The van der Waals surface area contributed by atoms with Crippen LogP contribution in [0.3, 0.4) is 0 Å². The number of amides is 1. The van der Waals surface area contributed by atoms with Crippen LogP contribution >= 0.6 is 23.8 Å². The number of halogens is 2. The number of aromatic nitrogens is 1. The molecule has 9 heteroatoms. The molecule has 2 N–H and O–H groups in total. The zero-order valence-electron chi connectivity index (χ0n) is 22.3. The highest BCUT2D eigenvalue weighted by Crippen LogP contribution is 2.46. The summed E-state index contributed by atoms with van der Waals surface area (Å²) in [5, 5.41) is 7.42. The third kappa shape index (κ3) is 5.36. The molecule has 0 aliphatic carbocycles. The van der Waals surface area contributed by atoms with Gasteiger partial charge in [-0.1, -0.05) is 23.7 Å². The lowest BCUT2D eigenvalue weighted by atomic mass is 9.86. The normalized spacial score (nSPS) is 19.8. The minimum atomic E-state index is -0.355. The van der Waals surface area contributed by atoms with E-state index in [0.717, 1.165) is 22.5 Å². The van der Waals surface area contributed by atoms with Gasteiger partial charge < -0.3 is 20.4 Å². The number of anilines is 2. The summed E-state index contributed by atoms with van der Waals surface area (Å²) >= 11 is 12.8. The van der Waals surface area contributed by atoms with Crippen LogP contribution in [0.1, 0.15) is 56.1 Å². The molecule has 1 aromatic heterocycles. The molecule has 39 heavy (non-hydrogen) atoms. The van der Waals surface area contributed by atoms with Gasteiger partial charge in [0.15, 0.2) is 5.11 Å². The summed E-state index contributed by atoms with van der Waals surface area (Å²) in [6.45, 7) is 6.84. The summed E-state index contributed by atoms with van der Waals surface area (Å²) in [4.78, 5) is 21.7. The Balaban J connectivity index is 1.48. The van der Waals surface area contributed by atoms with E-state index in [9.17, 15) is 9.18 Å². The number of carbonyl (C=O) groups is 1. The lowest BCUT2D eigenvalue weighted by Crippen LogP contribution is -2.42. The Kier molecular flexibility index (Phi) is 7.35. The standard InChI is InChI=1S/C30H31ClFN5OS/c1-18-17-30(2,3)36(4)25-16-23(31)22(15-21(18)25)28-27(24-7-5-6-13-33-24)35-29(39)37(28)14-12-26(38)34-20-10-8-19(32)9-11-20/h5-11,13,15-17,27-28H,12,14H2,1-4H3,(H,34,38)(H,35,39). The summed E-state index contributed by atoms with van der Waals surface area (Å²) in [5.74, 6) is -0.546. The Labute approximate surface area is 238 Å². The number of hydrogen-bond acceptors (Lipinski definition) is 4. The van der Waals surface area contributed by atoms with Crippen molar-refractivity contribution in [2.24, 2.45) is 0 Å². The molecule has 2 aliphatic heterocycles. The molecule has 5 rings (SSSR count). The van der Waals surface area contributed by atoms with Gasteiger partial charge in [0.25, 0.3) is 0 Å². The van der Waals surface area contributed by atoms with Gasteiger partial charge in [0.2, 0.25) is 5.91 Å². The average Bonchev–Trinajstić information content (AvgIpc) is 3.23. The van der Waals surface area contributed by atoms with Gasteiger partial charge in [-0.05, 0) is 92.7 Å². The fourth-order valence-electron chi connectivity index (χ4n) is 5.38. The van der Waals surface area contributed by atoms with E-state index in [2.05, 4.69) is 60.5 Å². The fraction of sp³-hybridized carbons (Fsp3) is 0.300. The Hall–Kier alpha value is -3.49. The topological polar surface area (TPSA) is 60.5 Å². The molecule has 2 aliphatic rings. The maximum absolute atomic E-state index is 13.3. The van der Waals surface area contributed by atoms with Crippen LogP contribution in [0, 0.1) is 5.82 Å². The molecular formula is C30H31ClFN5OS. The van der Waals surface area contributed by atoms with Gasteiger partial charge >= 0.3 is 0 Å². The van der Waals surface area contributed by atoms with Crippen LogP contribution < -0.4 is 15.5 Å². The number of thiocarbonyl (C=S) groups is 1. The van der Waals surface area contributed by atoms with Crippen molar-refractivity contribution in [3.63, 3.8) is 0 Å². The maximum Gasteiger partial charge on any atom is 0.226 e. The lowest BCUT2D eigenvalue weighted by molar-refractivity contribution is -0.116. The Bertz CT molecular complexity index is 1440. The van der Waals surface area contributed by atoms with Crippen molar-refractivity contribution < 1.29 is 9.18 Å². The second kappa shape index (κ2) is 10.6. The molecule has 3 aromatic rings.